The lowest BCUT2D eigenvalue weighted by molar-refractivity contribution is -0.116. The average molecular weight is 513 g/mol. The van der Waals surface area contributed by atoms with Crippen LogP contribution in [0.1, 0.15) is 62.6 Å². The number of nitrogens with one attached hydrogen (secondary N) is 2. The molecule has 5 rings (SSSR count). The van der Waals surface area contributed by atoms with Gasteiger partial charge in [-0.05, 0) is 61.1 Å². The van der Waals surface area contributed by atoms with E-state index < -0.39 is 0 Å². The monoisotopic (exact) mass is 512 g/mol. The number of para-hydroxylation sites is 3. The third-order valence-electron chi connectivity index (χ3n) is 7.12. The summed E-state index contributed by atoms with van der Waals surface area (Å²) < 4.78 is 17.6. The lowest BCUT2D eigenvalue weighted by Gasteiger charge is -2.31. The van der Waals surface area contributed by atoms with E-state index in [0.29, 0.717) is 31.1 Å². The Morgan fingerprint density at radius 3 is 2.32 bits per heavy atom. The topological polar surface area (TPSA) is 68.8 Å². The van der Waals surface area contributed by atoms with Crippen LogP contribution in [0.3, 0.4) is 0 Å². The Morgan fingerprint density at radius 1 is 0.842 bits per heavy atom. The predicted molar refractivity (Wildman–Crippen MR) is 151 cm³/mol. The number of hydrogen-bond donors (Lipinski definition) is 2. The first kappa shape index (κ1) is 25.7. The van der Waals surface area contributed by atoms with Crippen molar-refractivity contribution < 1.29 is 19.0 Å². The molecule has 3 aromatic carbocycles. The highest BCUT2D eigenvalue weighted by molar-refractivity contribution is 6.01. The summed E-state index contributed by atoms with van der Waals surface area (Å²) in [6.45, 7) is 5.43. The van der Waals surface area contributed by atoms with E-state index in [2.05, 4.69) is 36.6 Å². The SMILES string of the molecule is CCCOc1ccc(C2CC(=O)C3=C(C2)Nc2ccccc2NC3c2cccc(OC)c2OCCC)cc1. The molecule has 2 aliphatic rings. The first-order valence-electron chi connectivity index (χ1n) is 13.5. The van der Waals surface area contributed by atoms with Gasteiger partial charge in [0, 0.05) is 23.3 Å². The van der Waals surface area contributed by atoms with Gasteiger partial charge < -0.3 is 24.8 Å². The zero-order chi connectivity index (χ0) is 26.5. The number of carbonyl (C=O) groups is 1. The van der Waals surface area contributed by atoms with Crippen LogP contribution >= 0.6 is 0 Å². The minimum absolute atomic E-state index is 0.0843. The highest BCUT2D eigenvalue weighted by Gasteiger charge is 2.37. The van der Waals surface area contributed by atoms with Crippen LogP contribution in [0.4, 0.5) is 11.4 Å². The number of allylic oxidation sites excluding steroid dienone is 1. The van der Waals surface area contributed by atoms with Gasteiger partial charge in [-0.2, -0.15) is 0 Å². The molecule has 0 radical (unpaired) electrons. The Balaban J connectivity index is 1.56. The summed E-state index contributed by atoms with van der Waals surface area (Å²) in [7, 11) is 1.65. The van der Waals surface area contributed by atoms with Crippen molar-refractivity contribution in [1.82, 2.24) is 0 Å². The second kappa shape index (κ2) is 11.6. The molecule has 6 nitrogen and oxygen atoms in total. The van der Waals surface area contributed by atoms with Gasteiger partial charge in [-0.15, -0.1) is 0 Å². The van der Waals surface area contributed by atoms with E-state index in [0.717, 1.165) is 58.8 Å². The highest BCUT2D eigenvalue weighted by Crippen LogP contribution is 2.47. The predicted octanol–water partition coefficient (Wildman–Crippen LogP) is 7.25. The van der Waals surface area contributed by atoms with E-state index in [-0.39, 0.29) is 17.7 Å². The maximum Gasteiger partial charge on any atom is 0.166 e. The molecule has 0 saturated heterocycles. The van der Waals surface area contributed by atoms with E-state index in [1.54, 1.807) is 7.11 Å². The van der Waals surface area contributed by atoms with Crippen LogP contribution in [0.2, 0.25) is 0 Å². The van der Waals surface area contributed by atoms with Crippen molar-refractivity contribution in [2.24, 2.45) is 0 Å². The molecule has 1 heterocycles. The third-order valence-corrected chi connectivity index (χ3v) is 7.12. The number of fused-ring (bicyclic) bond motifs is 1. The van der Waals surface area contributed by atoms with Crippen molar-refractivity contribution in [3.05, 3.63) is 89.1 Å². The van der Waals surface area contributed by atoms with Gasteiger partial charge in [0.05, 0.1) is 37.7 Å². The number of rotatable bonds is 9. The van der Waals surface area contributed by atoms with Crippen LogP contribution in [-0.4, -0.2) is 26.1 Å². The molecule has 2 atom stereocenters. The van der Waals surface area contributed by atoms with Crippen molar-refractivity contribution in [3.63, 3.8) is 0 Å². The second-order valence-electron chi connectivity index (χ2n) is 9.81. The van der Waals surface area contributed by atoms with Crippen molar-refractivity contribution in [2.75, 3.05) is 31.0 Å². The highest BCUT2D eigenvalue weighted by atomic mass is 16.5. The first-order valence-corrected chi connectivity index (χ1v) is 13.5. The molecule has 0 aromatic heterocycles. The first-order chi connectivity index (χ1) is 18.6. The Kier molecular flexibility index (Phi) is 7.87. The molecular formula is C32H36N2O4. The van der Waals surface area contributed by atoms with Crippen molar-refractivity contribution in [3.8, 4) is 17.2 Å². The zero-order valence-electron chi connectivity index (χ0n) is 22.4. The lowest BCUT2D eigenvalue weighted by Crippen LogP contribution is -2.27. The number of anilines is 2. The number of ether oxygens (including phenoxy) is 3. The van der Waals surface area contributed by atoms with E-state index in [4.69, 9.17) is 14.2 Å². The quantitative estimate of drug-likeness (QED) is 0.315. The van der Waals surface area contributed by atoms with Crippen LogP contribution in [-0.2, 0) is 4.79 Å². The van der Waals surface area contributed by atoms with Gasteiger partial charge in [-0.3, -0.25) is 4.79 Å². The fourth-order valence-electron chi connectivity index (χ4n) is 5.30. The number of Topliss-reactive ketones (excluding diaryl/α,β-unsaturated/α-hetero) is 1. The number of methoxy groups -OCH3 is 1. The van der Waals surface area contributed by atoms with E-state index >= 15 is 0 Å². The molecular weight excluding hydrogens is 476 g/mol. The Morgan fingerprint density at radius 2 is 1.58 bits per heavy atom. The molecule has 0 amide bonds. The van der Waals surface area contributed by atoms with Crippen LogP contribution in [0.15, 0.2) is 78.0 Å². The molecule has 3 aromatic rings. The molecule has 0 saturated carbocycles. The smallest absolute Gasteiger partial charge is 0.166 e. The molecule has 0 spiro atoms. The molecule has 38 heavy (non-hydrogen) atoms. The van der Waals surface area contributed by atoms with Crippen molar-refractivity contribution in [2.45, 2.75) is 51.5 Å². The fraction of sp³-hybridized carbons (Fsp3) is 0.344. The van der Waals surface area contributed by atoms with E-state index in [1.807, 2.05) is 54.6 Å². The zero-order valence-corrected chi connectivity index (χ0v) is 22.4. The standard InChI is InChI=1S/C32H36N2O4/c1-4-17-37-23-15-13-21(14-16-23)22-19-27-30(28(35)20-22)31(34-26-11-7-6-10-25(26)33-27)24-9-8-12-29(36-3)32(24)38-18-5-2/h6-16,22,31,33-34H,4-5,17-20H2,1-3H3. The number of carbonyl (C=O) groups excluding carboxylic acids is 1. The summed E-state index contributed by atoms with van der Waals surface area (Å²) in [5.41, 5.74) is 5.65. The molecule has 1 aliphatic heterocycles. The maximum absolute atomic E-state index is 14.0. The summed E-state index contributed by atoms with van der Waals surface area (Å²) in [5.74, 6) is 2.42. The lowest BCUT2D eigenvalue weighted by atomic mass is 9.78. The molecule has 0 fully saturated rings. The number of ketones is 1. The van der Waals surface area contributed by atoms with E-state index in [9.17, 15) is 4.79 Å². The van der Waals surface area contributed by atoms with Crippen LogP contribution in [0.25, 0.3) is 0 Å². The number of benzene rings is 3. The molecule has 2 N–H and O–H groups in total. The van der Waals surface area contributed by atoms with Gasteiger partial charge in [0.1, 0.15) is 5.75 Å². The van der Waals surface area contributed by atoms with Crippen LogP contribution in [0.5, 0.6) is 17.2 Å². The summed E-state index contributed by atoms with van der Waals surface area (Å²) in [5, 5.41) is 7.28. The van der Waals surface area contributed by atoms with Gasteiger partial charge in [0.2, 0.25) is 0 Å². The Bertz CT molecular complexity index is 1320. The van der Waals surface area contributed by atoms with E-state index in [1.165, 1.54) is 0 Å². The minimum atomic E-state index is -0.374. The van der Waals surface area contributed by atoms with Gasteiger partial charge in [-0.1, -0.05) is 50.2 Å². The summed E-state index contributed by atoms with van der Waals surface area (Å²) in [6.07, 6.45) is 3.02. The fourth-order valence-corrected chi connectivity index (χ4v) is 5.30. The maximum atomic E-state index is 14.0. The largest absolute Gasteiger partial charge is 0.494 e. The summed E-state index contributed by atoms with van der Waals surface area (Å²) >= 11 is 0. The molecule has 198 valence electrons. The molecule has 0 bridgehead atoms. The van der Waals surface area contributed by atoms with Gasteiger partial charge in [0.15, 0.2) is 17.3 Å². The third kappa shape index (κ3) is 5.21. The van der Waals surface area contributed by atoms with Crippen molar-refractivity contribution in [1.29, 1.82) is 0 Å². The normalized spacial score (nSPS) is 18.4. The van der Waals surface area contributed by atoms with Gasteiger partial charge >= 0.3 is 0 Å². The molecule has 2 unspecified atom stereocenters. The Hall–Kier alpha value is -3.93. The summed E-state index contributed by atoms with van der Waals surface area (Å²) in [4.78, 5) is 14.0. The molecule has 1 aliphatic carbocycles. The van der Waals surface area contributed by atoms with Gasteiger partial charge in [-0.25, -0.2) is 0 Å². The average Bonchev–Trinajstić information content (AvgIpc) is 3.12. The van der Waals surface area contributed by atoms with Gasteiger partial charge in [0.25, 0.3) is 0 Å². The molecule has 6 heteroatoms. The van der Waals surface area contributed by atoms with Crippen LogP contribution < -0.4 is 24.8 Å². The second-order valence-corrected chi connectivity index (χ2v) is 9.81. The summed E-state index contributed by atoms with van der Waals surface area (Å²) in [6, 6.07) is 21.8. The van der Waals surface area contributed by atoms with Crippen LogP contribution in [0, 0.1) is 0 Å². The number of hydrogen-bond acceptors (Lipinski definition) is 6. The van der Waals surface area contributed by atoms with Crippen molar-refractivity contribution >= 4 is 17.2 Å². The Labute approximate surface area is 225 Å². The minimum Gasteiger partial charge on any atom is -0.494 e.